The predicted octanol–water partition coefficient (Wildman–Crippen LogP) is 3.06. The van der Waals surface area contributed by atoms with Crippen LogP contribution in [0, 0.1) is 11.3 Å². The van der Waals surface area contributed by atoms with E-state index in [1.807, 2.05) is 42.5 Å². The topological polar surface area (TPSA) is 62.6 Å². The van der Waals surface area contributed by atoms with Crippen LogP contribution in [0.1, 0.15) is 12.0 Å². The average Bonchev–Trinajstić information content (AvgIpc) is 2.67. The number of nitriles is 1. The van der Waals surface area contributed by atoms with Crippen molar-refractivity contribution in [3.63, 3.8) is 0 Å². The fourth-order valence-electron chi connectivity index (χ4n) is 2.42. The van der Waals surface area contributed by atoms with Gasteiger partial charge in [0.1, 0.15) is 0 Å². The number of rotatable bonds is 9. The van der Waals surface area contributed by atoms with Gasteiger partial charge in [0.15, 0.2) is 18.1 Å². The van der Waals surface area contributed by atoms with Crippen molar-refractivity contribution >= 4 is 5.91 Å². The van der Waals surface area contributed by atoms with Crippen LogP contribution in [0.4, 0.5) is 0 Å². The van der Waals surface area contributed by atoms with Crippen molar-refractivity contribution in [1.82, 2.24) is 4.90 Å². The quantitative estimate of drug-likeness (QED) is 0.705. The molecule has 0 radical (unpaired) electrons. The van der Waals surface area contributed by atoms with Gasteiger partial charge in [0.2, 0.25) is 0 Å². The zero-order chi connectivity index (χ0) is 17.9. The molecular formula is C20H22N2O3. The molecule has 2 aromatic carbocycles. The van der Waals surface area contributed by atoms with Gasteiger partial charge in [0, 0.05) is 13.1 Å². The Morgan fingerprint density at radius 1 is 1.04 bits per heavy atom. The Kier molecular flexibility index (Phi) is 7.33. The maximum atomic E-state index is 12.5. The lowest BCUT2D eigenvalue weighted by Gasteiger charge is -2.22. The second-order valence-corrected chi connectivity index (χ2v) is 5.46. The highest BCUT2D eigenvalue weighted by Crippen LogP contribution is 2.25. The van der Waals surface area contributed by atoms with Crippen LogP contribution in [0.25, 0.3) is 0 Å². The van der Waals surface area contributed by atoms with Gasteiger partial charge in [-0.1, -0.05) is 42.5 Å². The van der Waals surface area contributed by atoms with Gasteiger partial charge in [-0.25, -0.2) is 0 Å². The number of hydrogen-bond acceptors (Lipinski definition) is 4. The summed E-state index contributed by atoms with van der Waals surface area (Å²) in [7, 11) is 1.56. The van der Waals surface area contributed by atoms with Gasteiger partial charge in [-0.3, -0.25) is 4.79 Å². The van der Waals surface area contributed by atoms with E-state index in [2.05, 4.69) is 6.07 Å². The molecule has 25 heavy (non-hydrogen) atoms. The number of nitrogens with zero attached hydrogens (tertiary/aromatic N) is 2. The van der Waals surface area contributed by atoms with Crippen molar-refractivity contribution in [1.29, 1.82) is 5.26 Å². The van der Waals surface area contributed by atoms with E-state index in [4.69, 9.17) is 14.7 Å². The summed E-state index contributed by atoms with van der Waals surface area (Å²) in [6, 6.07) is 19.3. The molecule has 5 heteroatoms. The van der Waals surface area contributed by atoms with Crippen molar-refractivity contribution in [2.24, 2.45) is 0 Å². The molecule has 0 spiro atoms. The Balaban J connectivity index is 1.94. The number of hydrogen-bond donors (Lipinski definition) is 0. The number of benzene rings is 2. The van der Waals surface area contributed by atoms with Crippen molar-refractivity contribution in [2.45, 2.75) is 12.8 Å². The van der Waals surface area contributed by atoms with E-state index in [0.29, 0.717) is 31.0 Å². The number of para-hydroxylation sites is 2. The van der Waals surface area contributed by atoms with Crippen molar-refractivity contribution in [3.05, 3.63) is 60.2 Å². The van der Waals surface area contributed by atoms with Crippen molar-refractivity contribution in [3.8, 4) is 17.6 Å². The Bertz CT molecular complexity index is 710. The average molecular weight is 338 g/mol. The summed E-state index contributed by atoms with van der Waals surface area (Å²) in [6.07, 6.45) is 1.04. The molecule has 0 N–H and O–H groups in total. The van der Waals surface area contributed by atoms with Gasteiger partial charge in [0.05, 0.1) is 19.6 Å². The minimum absolute atomic E-state index is 0.0827. The van der Waals surface area contributed by atoms with E-state index in [-0.39, 0.29) is 12.5 Å². The minimum Gasteiger partial charge on any atom is -0.493 e. The molecule has 0 saturated carbocycles. The highest BCUT2D eigenvalue weighted by Gasteiger charge is 2.15. The molecule has 0 atom stereocenters. The summed E-state index contributed by atoms with van der Waals surface area (Å²) in [4.78, 5) is 14.2. The lowest BCUT2D eigenvalue weighted by Crippen LogP contribution is -2.37. The van der Waals surface area contributed by atoms with Gasteiger partial charge in [-0.05, 0) is 24.1 Å². The molecule has 0 aliphatic rings. The van der Waals surface area contributed by atoms with Crippen LogP contribution in [0.2, 0.25) is 0 Å². The minimum atomic E-state index is -0.142. The van der Waals surface area contributed by atoms with Crippen LogP contribution in [0.5, 0.6) is 11.5 Å². The van der Waals surface area contributed by atoms with Crippen LogP contribution >= 0.6 is 0 Å². The molecular weight excluding hydrogens is 316 g/mol. The highest BCUT2D eigenvalue weighted by molar-refractivity contribution is 5.78. The van der Waals surface area contributed by atoms with Gasteiger partial charge in [-0.15, -0.1) is 0 Å². The van der Waals surface area contributed by atoms with Gasteiger partial charge < -0.3 is 14.4 Å². The first-order valence-corrected chi connectivity index (χ1v) is 8.19. The Hall–Kier alpha value is -3.00. The number of methoxy groups -OCH3 is 1. The zero-order valence-electron chi connectivity index (χ0n) is 14.4. The molecule has 0 aromatic heterocycles. The first-order valence-electron chi connectivity index (χ1n) is 8.19. The fourth-order valence-corrected chi connectivity index (χ4v) is 2.42. The Morgan fingerprint density at radius 2 is 1.72 bits per heavy atom. The largest absolute Gasteiger partial charge is 0.493 e. The summed E-state index contributed by atoms with van der Waals surface area (Å²) in [5.41, 5.74) is 1.16. The molecule has 0 aliphatic carbocycles. The highest BCUT2D eigenvalue weighted by atomic mass is 16.5. The first-order chi connectivity index (χ1) is 12.2. The lowest BCUT2D eigenvalue weighted by molar-refractivity contribution is -0.133. The molecule has 0 fully saturated rings. The van der Waals surface area contributed by atoms with Crippen LogP contribution in [0.3, 0.4) is 0 Å². The maximum Gasteiger partial charge on any atom is 0.260 e. The molecule has 0 heterocycles. The smallest absolute Gasteiger partial charge is 0.260 e. The van der Waals surface area contributed by atoms with E-state index in [0.717, 1.165) is 12.0 Å². The summed E-state index contributed by atoms with van der Waals surface area (Å²) >= 11 is 0. The fraction of sp³-hybridized carbons (Fsp3) is 0.300. The van der Waals surface area contributed by atoms with E-state index < -0.39 is 0 Å². The van der Waals surface area contributed by atoms with E-state index >= 15 is 0 Å². The molecule has 2 rings (SSSR count). The second-order valence-electron chi connectivity index (χ2n) is 5.46. The second kappa shape index (κ2) is 9.99. The Labute approximate surface area is 148 Å². The molecule has 2 aromatic rings. The number of ether oxygens (including phenoxy) is 2. The molecule has 0 bridgehead atoms. The monoisotopic (exact) mass is 338 g/mol. The van der Waals surface area contributed by atoms with E-state index in [1.54, 1.807) is 24.1 Å². The number of amides is 1. The third-order valence-corrected chi connectivity index (χ3v) is 3.78. The lowest BCUT2D eigenvalue weighted by atomic mass is 10.1. The van der Waals surface area contributed by atoms with Gasteiger partial charge >= 0.3 is 0 Å². The van der Waals surface area contributed by atoms with Crippen molar-refractivity contribution in [2.75, 3.05) is 26.8 Å². The first kappa shape index (κ1) is 18.3. The summed E-state index contributed by atoms with van der Waals surface area (Å²) < 4.78 is 10.8. The molecule has 5 nitrogen and oxygen atoms in total. The molecule has 1 amide bonds. The summed E-state index contributed by atoms with van der Waals surface area (Å²) in [5.74, 6) is 0.974. The van der Waals surface area contributed by atoms with Gasteiger partial charge in [-0.2, -0.15) is 5.26 Å². The zero-order valence-corrected chi connectivity index (χ0v) is 14.4. The van der Waals surface area contributed by atoms with Crippen LogP contribution in [0.15, 0.2) is 54.6 Å². The SMILES string of the molecule is COc1ccccc1OCC(=O)N(CCC#N)CCc1ccccc1. The summed E-state index contributed by atoms with van der Waals surface area (Å²) in [6.45, 7) is 0.873. The molecule has 0 unspecified atom stereocenters. The third kappa shape index (κ3) is 5.85. The van der Waals surface area contributed by atoms with E-state index in [1.165, 1.54) is 0 Å². The van der Waals surface area contributed by atoms with Crippen LogP contribution in [-0.4, -0.2) is 37.6 Å². The standard InChI is InChI=1S/C20H22N2O3/c1-24-18-10-5-6-11-19(18)25-16-20(23)22(14-7-13-21)15-12-17-8-3-2-4-9-17/h2-6,8-11H,7,12,14-16H2,1H3. The molecule has 0 saturated heterocycles. The molecule has 0 aliphatic heterocycles. The van der Waals surface area contributed by atoms with Crippen molar-refractivity contribution < 1.29 is 14.3 Å². The van der Waals surface area contributed by atoms with Crippen LogP contribution < -0.4 is 9.47 Å². The normalized spacial score (nSPS) is 9.92. The number of carbonyl (C=O) groups excluding carboxylic acids is 1. The summed E-state index contributed by atoms with van der Waals surface area (Å²) in [5, 5.41) is 8.82. The predicted molar refractivity (Wildman–Crippen MR) is 95.4 cm³/mol. The third-order valence-electron chi connectivity index (χ3n) is 3.78. The number of carbonyl (C=O) groups is 1. The molecule has 130 valence electrons. The van der Waals surface area contributed by atoms with E-state index in [9.17, 15) is 4.79 Å². The Morgan fingerprint density at radius 3 is 2.40 bits per heavy atom. The van der Waals surface area contributed by atoms with Gasteiger partial charge in [0.25, 0.3) is 5.91 Å². The maximum absolute atomic E-state index is 12.5. The van der Waals surface area contributed by atoms with Crippen LogP contribution in [-0.2, 0) is 11.2 Å².